The van der Waals surface area contributed by atoms with Gasteiger partial charge in [0.15, 0.2) is 0 Å². The van der Waals surface area contributed by atoms with Gasteiger partial charge < -0.3 is 9.80 Å². The summed E-state index contributed by atoms with van der Waals surface area (Å²) in [7, 11) is 0. The Kier molecular flexibility index (Phi) is 4.83. The van der Waals surface area contributed by atoms with Crippen molar-refractivity contribution >= 4 is 11.6 Å². The first-order valence-corrected chi connectivity index (χ1v) is 8.35. The van der Waals surface area contributed by atoms with E-state index in [2.05, 4.69) is 10.00 Å². The first kappa shape index (κ1) is 17.1. The number of nitrogens with zero attached hydrogens (tertiary/aromatic N) is 4. The maximum absolute atomic E-state index is 13.0. The largest absolute Gasteiger partial charge is 0.368 e. The Hall–Kier alpha value is -2.70. The third kappa shape index (κ3) is 3.70. The van der Waals surface area contributed by atoms with Crippen molar-refractivity contribution in [2.45, 2.75) is 19.9 Å². The van der Waals surface area contributed by atoms with Crippen LogP contribution in [0.15, 0.2) is 41.2 Å². The molecule has 0 atom stereocenters. The number of benzene rings is 1. The minimum atomic E-state index is -0.260. The maximum Gasteiger partial charge on any atom is 0.274 e. The van der Waals surface area contributed by atoms with Crippen LogP contribution in [-0.2, 0) is 0 Å². The third-order valence-electron chi connectivity index (χ3n) is 4.29. The molecule has 0 bridgehead atoms. The van der Waals surface area contributed by atoms with Gasteiger partial charge in [-0.05, 0) is 44.2 Å². The summed E-state index contributed by atoms with van der Waals surface area (Å²) < 4.78 is 14.3. The lowest BCUT2D eigenvalue weighted by Gasteiger charge is -2.36. The predicted octanol–water partition coefficient (Wildman–Crippen LogP) is 1.93. The number of rotatable bonds is 3. The number of anilines is 1. The Morgan fingerprint density at radius 2 is 1.68 bits per heavy atom. The van der Waals surface area contributed by atoms with E-state index < -0.39 is 0 Å². The Labute approximate surface area is 145 Å². The number of amides is 1. The van der Waals surface area contributed by atoms with Gasteiger partial charge in [0.2, 0.25) is 0 Å². The molecular weight excluding hydrogens is 323 g/mol. The fourth-order valence-electron chi connectivity index (χ4n) is 2.89. The normalized spacial score (nSPS) is 14.9. The Balaban J connectivity index is 1.68. The van der Waals surface area contributed by atoms with Gasteiger partial charge in [0.25, 0.3) is 11.5 Å². The summed E-state index contributed by atoms with van der Waals surface area (Å²) in [6.45, 7) is 6.15. The van der Waals surface area contributed by atoms with Gasteiger partial charge >= 0.3 is 0 Å². The van der Waals surface area contributed by atoms with Crippen LogP contribution in [0.5, 0.6) is 0 Å². The van der Waals surface area contributed by atoms with E-state index in [0.717, 1.165) is 5.69 Å². The van der Waals surface area contributed by atoms with Crippen molar-refractivity contribution in [1.29, 1.82) is 0 Å². The van der Waals surface area contributed by atoms with E-state index in [4.69, 9.17) is 0 Å². The van der Waals surface area contributed by atoms with E-state index in [9.17, 15) is 14.0 Å². The summed E-state index contributed by atoms with van der Waals surface area (Å²) in [5.74, 6) is -0.433. The highest BCUT2D eigenvalue weighted by Crippen LogP contribution is 2.17. The smallest absolute Gasteiger partial charge is 0.274 e. The zero-order valence-corrected chi connectivity index (χ0v) is 14.4. The summed E-state index contributed by atoms with van der Waals surface area (Å²) in [6, 6.07) is 9.12. The molecule has 0 spiro atoms. The van der Waals surface area contributed by atoms with Crippen LogP contribution < -0.4 is 10.5 Å². The van der Waals surface area contributed by atoms with Crippen LogP contribution in [0.25, 0.3) is 0 Å². The van der Waals surface area contributed by atoms with E-state index in [0.29, 0.717) is 26.2 Å². The molecule has 1 amide bonds. The second kappa shape index (κ2) is 7.04. The van der Waals surface area contributed by atoms with E-state index in [-0.39, 0.29) is 29.0 Å². The number of hydrogen-bond acceptors (Lipinski definition) is 4. The van der Waals surface area contributed by atoms with Gasteiger partial charge in [0.1, 0.15) is 11.5 Å². The highest BCUT2D eigenvalue weighted by atomic mass is 19.1. The van der Waals surface area contributed by atoms with E-state index in [1.54, 1.807) is 17.0 Å². The highest BCUT2D eigenvalue weighted by Gasteiger charge is 2.24. The quantitative estimate of drug-likeness (QED) is 0.854. The monoisotopic (exact) mass is 344 g/mol. The molecule has 1 fully saturated rings. The zero-order valence-electron chi connectivity index (χ0n) is 14.4. The van der Waals surface area contributed by atoms with Gasteiger partial charge in [-0.1, -0.05) is 0 Å². The molecule has 25 heavy (non-hydrogen) atoms. The molecule has 132 valence electrons. The lowest BCUT2D eigenvalue weighted by molar-refractivity contribution is 0.0737. The van der Waals surface area contributed by atoms with Crippen molar-refractivity contribution in [3.63, 3.8) is 0 Å². The van der Waals surface area contributed by atoms with Gasteiger partial charge in [-0.2, -0.15) is 5.10 Å². The Morgan fingerprint density at radius 1 is 1.04 bits per heavy atom. The molecule has 3 rings (SSSR count). The first-order valence-electron chi connectivity index (χ1n) is 8.35. The predicted molar refractivity (Wildman–Crippen MR) is 93.4 cm³/mol. The summed E-state index contributed by atoms with van der Waals surface area (Å²) in [5.41, 5.74) is 1.01. The molecule has 2 heterocycles. The van der Waals surface area contributed by atoms with Crippen molar-refractivity contribution in [1.82, 2.24) is 14.7 Å². The topological polar surface area (TPSA) is 58.4 Å². The molecule has 1 saturated heterocycles. The van der Waals surface area contributed by atoms with Crippen LogP contribution in [0.1, 0.15) is 30.4 Å². The fraction of sp³-hybridized carbons (Fsp3) is 0.389. The molecule has 0 N–H and O–H groups in total. The van der Waals surface area contributed by atoms with Crippen LogP contribution in [0.4, 0.5) is 10.1 Å². The number of carbonyl (C=O) groups is 1. The molecule has 1 aromatic heterocycles. The number of hydrogen-bond donors (Lipinski definition) is 0. The number of halogens is 1. The summed E-state index contributed by atoms with van der Waals surface area (Å²) in [4.78, 5) is 28.3. The Morgan fingerprint density at radius 3 is 2.28 bits per heavy atom. The SMILES string of the molecule is CC(C)n1nc(C(=O)N2CCN(c3ccc(F)cc3)CC2)ccc1=O. The van der Waals surface area contributed by atoms with Crippen LogP contribution in [0, 0.1) is 5.82 Å². The van der Waals surface area contributed by atoms with Crippen molar-refractivity contribution in [2.24, 2.45) is 0 Å². The molecule has 0 unspecified atom stereocenters. The van der Waals surface area contributed by atoms with Crippen LogP contribution >= 0.6 is 0 Å². The molecule has 1 aliphatic rings. The minimum Gasteiger partial charge on any atom is -0.368 e. The lowest BCUT2D eigenvalue weighted by Crippen LogP contribution is -2.49. The van der Waals surface area contributed by atoms with E-state index in [1.165, 1.54) is 28.9 Å². The van der Waals surface area contributed by atoms with Crippen LogP contribution in [0.3, 0.4) is 0 Å². The molecular formula is C18H21FN4O2. The average Bonchev–Trinajstić information content (AvgIpc) is 2.62. The van der Waals surface area contributed by atoms with Gasteiger partial charge in [0.05, 0.1) is 6.04 Å². The highest BCUT2D eigenvalue weighted by molar-refractivity contribution is 5.92. The Bertz CT molecular complexity index is 809. The zero-order chi connectivity index (χ0) is 18.0. The second-order valence-corrected chi connectivity index (χ2v) is 6.35. The molecule has 2 aromatic rings. The summed E-state index contributed by atoms with van der Waals surface area (Å²) in [5, 5.41) is 4.19. The molecule has 6 nitrogen and oxygen atoms in total. The first-order chi connectivity index (χ1) is 12.0. The van der Waals surface area contributed by atoms with E-state index in [1.807, 2.05) is 13.8 Å². The fourth-order valence-corrected chi connectivity index (χ4v) is 2.89. The van der Waals surface area contributed by atoms with Crippen molar-refractivity contribution in [3.05, 3.63) is 58.3 Å². The van der Waals surface area contributed by atoms with Crippen molar-refractivity contribution in [2.75, 3.05) is 31.1 Å². The number of piperazine rings is 1. The summed E-state index contributed by atoms with van der Waals surface area (Å²) >= 11 is 0. The molecule has 1 aromatic carbocycles. The van der Waals surface area contributed by atoms with Crippen LogP contribution in [0.2, 0.25) is 0 Å². The molecule has 0 aliphatic carbocycles. The molecule has 1 aliphatic heterocycles. The standard InChI is InChI=1S/C18H21FN4O2/c1-13(2)23-17(24)8-7-16(20-23)18(25)22-11-9-21(10-12-22)15-5-3-14(19)4-6-15/h3-8,13H,9-12H2,1-2H3. The van der Waals surface area contributed by atoms with Gasteiger partial charge in [-0.25, -0.2) is 9.07 Å². The molecule has 0 saturated carbocycles. The maximum atomic E-state index is 13.0. The number of aromatic nitrogens is 2. The molecule has 0 radical (unpaired) electrons. The lowest BCUT2D eigenvalue weighted by atomic mass is 10.2. The summed E-state index contributed by atoms with van der Waals surface area (Å²) in [6.07, 6.45) is 0. The van der Waals surface area contributed by atoms with Gasteiger partial charge in [-0.15, -0.1) is 0 Å². The third-order valence-corrected chi connectivity index (χ3v) is 4.29. The van der Waals surface area contributed by atoms with Crippen LogP contribution in [-0.4, -0.2) is 46.8 Å². The second-order valence-electron chi connectivity index (χ2n) is 6.35. The minimum absolute atomic E-state index is 0.101. The molecule has 7 heteroatoms. The van der Waals surface area contributed by atoms with Crippen molar-refractivity contribution < 1.29 is 9.18 Å². The van der Waals surface area contributed by atoms with E-state index >= 15 is 0 Å². The van der Waals surface area contributed by atoms with Gasteiger partial charge in [-0.3, -0.25) is 9.59 Å². The van der Waals surface area contributed by atoms with Gasteiger partial charge in [0, 0.05) is 37.9 Å². The average molecular weight is 344 g/mol. The van der Waals surface area contributed by atoms with Crippen molar-refractivity contribution in [3.8, 4) is 0 Å². The number of carbonyl (C=O) groups excluding carboxylic acids is 1.